The molecule has 3 N–H and O–H groups in total. The van der Waals surface area contributed by atoms with Gasteiger partial charge in [0.2, 0.25) is 0 Å². The molecular formula is C42H50N4O12. The predicted octanol–water partition coefficient (Wildman–Crippen LogP) is 4.42. The molecule has 2 amide bonds. The van der Waals surface area contributed by atoms with Crippen molar-refractivity contribution < 1.29 is 57.2 Å². The van der Waals surface area contributed by atoms with E-state index in [-0.39, 0.29) is 29.7 Å². The quantitative estimate of drug-likeness (QED) is 0.0665. The van der Waals surface area contributed by atoms with Crippen molar-refractivity contribution in [3.8, 4) is 5.75 Å². The lowest BCUT2D eigenvalue weighted by molar-refractivity contribution is -0.182. The molecule has 16 heteroatoms. The number of H-pyrrole nitrogens is 1. The van der Waals surface area contributed by atoms with Crippen LogP contribution in [0.1, 0.15) is 85.9 Å². The van der Waals surface area contributed by atoms with Gasteiger partial charge in [-0.25, -0.2) is 14.4 Å². The average Bonchev–Trinajstić information content (AvgIpc) is 3.66. The molecule has 4 rings (SSSR count). The van der Waals surface area contributed by atoms with Crippen molar-refractivity contribution >= 4 is 59.0 Å². The molecule has 1 aromatic heterocycles. The lowest BCUT2D eigenvalue weighted by atomic mass is 10.0. The van der Waals surface area contributed by atoms with Crippen molar-refractivity contribution in [3.05, 3.63) is 82.2 Å². The first-order valence-corrected chi connectivity index (χ1v) is 19.0. The molecule has 0 aliphatic carbocycles. The Balaban J connectivity index is 1.25. The zero-order valence-electron chi connectivity index (χ0n) is 33.7. The van der Waals surface area contributed by atoms with Crippen LogP contribution in [0.5, 0.6) is 5.75 Å². The summed E-state index contributed by atoms with van der Waals surface area (Å²) in [6.45, 7) is 14.4. The van der Waals surface area contributed by atoms with Crippen LogP contribution in [0.25, 0.3) is 11.6 Å². The lowest BCUT2D eigenvalue weighted by Gasteiger charge is -2.18. The maximum absolute atomic E-state index is 13.1. The molecule has 0 saturated heterocycles. The molecule has 0 fully saturated rings. The Kier molecular flexibility index (Phi) is 15.9. The first-order chi connectivity index (χ1) is 27.6. The number of carbonyl (C=O) groups excluding carboxylic acids is 7. The van der Waals surface area contributed by atoms with Gasteiger partial charge in [-0.1, -0.05) is 44.2 Å². The minimum Gasteiger partial charge on any atom is -0.458 e. The summed E-state index contributed by atoms with van der Waals surface area (Å²) < 4.78 is 25.7. The second-order valence-corrected chi connectivity index (χ2v) is 13.5. The number of nitrogens with zero attached hydrogens (tertiary/aromatic N) is 1. The van der Waals surface area contributed by atoms with Crippen LogP contribution in [0.4, 0.5) is 5.69 Å². The van der Waals surface area contributed by atoms with Crippen molar-refractivity contribution in [2.24, 2.45) is 0 Å². The predicted molar refractivity (Wildman–Crippen MR) is 211 cm³/mol. The molecule has 3 atom stereocenters. The number of aromatic amines is 1. The van der Waals surface area contributed by atoms with Gasteiger partial charge in [-0.15, -0.1) is 0 Å². The van der Waals surface area contributed by atoms with E-state index in [0.717, 1.165) is 25.2 Å². The molecule has 58 heavy (non-hydrogen) atoms. The van der Waals surface area contributed by atoms with Crippen LogP contribution in [0.3, 0.4) is 0 Å². The highest BCUT2D eigenvalue weighted by Crippen LogP contribution is 2.36. The standard InChI is InChI=1S/C42H50N4O12/c1-8-46(9-2)20-19-43-39(50)37-24(3)34(44-25(37)4)22-32-31-21-30(15-16-33(31)45-38(32)49)58-36(48)18-17-35(47)55-27(6)41(52)57-28(7)42(53)56-26(5)40(51)54-23-29-13-11-10-12-14-29/h10-16,21-22,26-28,44H,8-9,17-20,23H2,1-7H3,(H,43,50)(H,45,49)/b32-22-/t26-,27+,28-/m1/s1. The summed E-state index contributed by atoms with van der Waals surface area (Å²) in [4.78, 5) is 93.8. The Labute approximate surface area is 336 Å². The van der Waals surface area contributed by atoms with E-state index >= 15 is 0 Å². The molecule has 0 spiro atoms. The SMILES string of the molecule is CCN(CC)CCNC(=O)c1c(C)[nH]c(/C=C2\C(=O)Nc3ccc(OC(=O)CCC(=O)O[C@@H](C)C(=O)O[C@H](C)C(=O)O[C@H](C)C(=O)OCc4ccccc4)cc32)c1C. The van der Waals surface area contributed by atoms with E-state index in [4.69, 9.17) is 23.7 Å². The van der Waals surface area contributed by atoms with Crippen molar-refractivity contribution in [1.82, 2.24) is 15.2 Å². The maximum Gasteiger partial charge on any atom is 0.347 e. The first-order valence-electron chi connectivity index (χ1n) is 19.0. The number of benzene rings is 2. The van der Waals surface area contributed by atoms with Gasteiger partial charge in [0.15, 0.2) is 18.3 Å². The fourth-order valence-corrected chi connectivity index (χ4v) is 5.91. The second kappa shape index (κ2) is 20.8. The summed E-state index contributed by atoms with van der Waals surface area (Å²) in [5, 5.41) is 5.75. The molecule has 310 valence electrons. The number of fused-ring (bicyclic) bond motifs is 1. The summed E-state index contributed by atoms with van der Waals surface area (Å²) in [5.74, 6) is -5.04. The summed E-state index contributed by atoms with van der Waals surface area (Å²) in [7, 11) is 0. The van der Waals surface area contributed by atoms with E-state index in [1.165, 1.54) is 32.9 Å². The van der Waals surface area contributed by atoms with Crippen molar-refractivity contribution in [1.29, 1.82) is 0 Å². The molecule has 0 unspecified atom stereocenters. The van der Waals surface area contributed by atoms with Gasteiger partial charge in [0.1, 0.15) is 12.4 Å². The number of likely N-dealkylation sites (N-methyl/N-ethyl adjacent to an activating group) is 1. The van der Waals surface area contributed by atoms with Crippen LogP contribution in [-0.2, 0) is 54.3 Å². The molecule has 1 aliphatic rings. The van der Waals surface area contributed by atoms with E-state index in [0.29, 0.717) is 40.3 Å². The largest absolute Gasteiger partial charge is 0.458 e. The van der Waals surface area contributed by atoms with E-state index in [1.807, 2.05) is 6.07 Å². The fraction of sp³-hybridized carbons (Fsp3) is 0.405. The van der Waals surface area contributed by atoms with Gasteiger partial charge in [-0.2, -0.15) is 0 Å². The molecule has 0 bridgehead atoms. The summed E-state index contributed by atoms with van der Waals surface area (Å²) in [6.07, 6.45) is -3.36. The Hall–Kier alpha value is -6.29. The van der Waals surface area contributed by atoms with E-state index < -0.39 is 61.0 Å². The Morgan fingerprint density at radius 2 is 1.43 bits per heavy atom. The number of carbonyl (C=O) groups is 7. The van der Waals surface area contributed by atoms with Gasteiger partial charge >= 0.3 is 29.8 Å². The van der Waals surface area contributed by atoms with E-state index in [2.05, 4.69) is 34.4 Å². The van der Waals surface area contributed by atoms with Crippen LogP contribution < -0.4 is 15.4 Å². The number of amides is 2. The van der Waals surface area contributed by atoms with Gasteiger partial charge in [-0.05, 0) is 83.1 Å². The summed E-state index contributed by atoms with van der Waals surface area (Å²) in [6, 6.07) is 13.5. The van der Waals surface area contributed by atoms with Gasteiger partial charge in [0.05, 0.1) is 24.0 Å². The van der Waals surface area contributed by atoms with Gasteiger partial charge < -0.3 is 44.2 Å². The Morgan fingerprint density at radius 1 is 0.810 bits per heavy atom. The zero-order valence-corrected chi connectivity index (χ0v) is 33.7. The number of ether oxygens (including phenoxy) is 5. The van der Waals surface area contributed by atoms with Gasteiger partial charge in [-0.3, -0.25) is 19.2 Å². The van der Waals surface area contributed by atoms with Crippen molar-refractivity contribution in [3.63, 3.8) is 0 Å². The average molecular weight is 803 g/mol. The topological polar surface area (TPSA) is 209 Å². The van der Waals surface area contributed by atoms with E-state index in [1.54, 1.807) is 50.3 Å². The van der Waals surface area contributed by atoms with Crippen LogP contribution in [-0.4, -0.2) is 96.0 Å². The number of rotatable bonds is 19. The normalized spacial score (nSPS) is 14.1. The number of aromatic nitrogens is 1. The molecule has 16 nitrogen and oxygen atoms in total. The first kappa shape index (κ1) is 44.4. The van der Waals surface area contributed by atoms with Gasteiger partial charge in [0, 0.05) is 35.7 Å². The lowest BCUT2D eigenvalue weighted by Crippen LogP contribution is -2.36. The summed E-state index contributed by atoms with van der Waals surface area (Å²) in [5.41, 5.74) is 4.38. The third-order valence-corrected chi connectivity index (χ3v) is 9.25. The maximum atomic E-state index is 13.1. The number of aryl methyl sites for hydroxylation is 1. The summed E-state index contributed by atoms with van der Waals surface area (Å²) >= 11 is 0. The minimum absolute atomic E-state index is 0.0173. The van der Waals surface area contributed by atoms with Gasteiger partial charge in [0.25, 0.3) is 11.8 Å². The molecule has 3 aromatic rings. The smallest absolute Gasteiger partial charge is 0.347 e. The number of hydrogen-bond acceptors (Lipinski definition) is 13. The number of hydrogen-bond donors (Lipinski definition) is 3. The van der Waals surface area contributed by atoms with Crippen LogP contribution in [0.15, 0.2) is 48.5 Å². The van der Waals surface area contributed by atoms with Crippen molar-refractivity contribution in [2.45, 2.75) is 86.2 Å². The second-order valence-electron chi connectivity index (χ2n) is 13.5. The molecule has 0 saturated carbocycles. The molecule has 0 radical (unpaired) electrons. The van der Waals surface area contributed by atoms with Crippen molar-refractivity contribution in [2.75, 3.05) is 31.5 Å². The van der Waals surface area contributed by atoms with E-state index in [9.17, 15) is 33.6 Å². The van der Waals surface area contributed by atoms with Crippen LogP contribution in [0.2, 0.25) is 0 Å². The number of anilines is 1. The van der Waals surface area contributed by atoms with Crippen LogP contribution >= 0.6 is 0 Å². The highest BCUT2D eigenvalue weighted by Gasteiger charge is 2.30. The third-order valence-electron chi connectivity index (χ3n) is 9.25. The molecule has 1 aliphatic heterocycles. The monoisotopic (exact) mass is 802 g/mol. The highest BCUT2D eigenvalue weighted by molar-refractivity contribution is 6.35. The number of esters is 5. The zero-order chi connectivity index (χ0) is 42.5. The Bertz CT molecular complexity index is 2040. The minimum atomic E-state index is -1.44. The number of nitrogens with one attached hydrogen (secondary N) is 3. The molecular weight excluding hydrogens is 752 g/mol. The van der Waals surface area contributed by atoms with Crippen LogP contribution in [0, 0.1) is 13.8 Å². The fourth-order valence-electron chi connectivity index (χ4n) is 5.91. The Morgan fingerprint density at radius 3 is 2.09 bits per heavy atom. The molecule has 2 aromatic carbocycles. The third kappa shape index (κ3) is 12.1. The molecule has 2 heterocycles. The highest BCUT2D eigenvalue weighted by atomic mass is 16.6.